The predicted molar refractivity (Wildman–Crippen MR) is 64.1 cm³/mol. The van der Waals surface area contributed by atoms with Crippen molar-refractivity contribution in [2.75, 3.05) is 0 Å². The maximum Gasteiger partial charge on any atom is 0.369 e. The van der Waals surface area contributed by atoms with Crippen LogP contribution in [0.2, 0.25) is 0 Å². The van der Waals surface area contributed by atoms with Crippen LogP contribution in [-0.4, -0.2) is 40.8 Å². The molecule has 0 aliphatic carbocycles. The van der Waals surface area contributed by atoms with Gasteiger partial charge in [0.25, 0.3) is 0 Å². The van der Waals surface area contributed by atoms with Crippen molar-refractivity contribution in [1.29, 1.82) is 0 Å². The minimum Gasteiger partial charge on any atom is -0.462 e. The molecule has 18 heavy (non-hydrogen) atoms. The molecule has 1 rings (SSSR count). The number of cyclic esters (lactones) is 1. The number of hydrogen-bond donors (Lipinski definition) is 0. The van der Waals surface area contributed by atoms with Crippen molar-refractivity contribution < 1.29 is 28.6 Å². The Morgan fingerprint density at radius 1 is 1.11 bits per heavy atom. The number of rotatable bonds is 4. The lowest BCUT2D eigenvalue weighted by Gasteiger charge is -2.17. The van der Waals surface area contributed by atoms with Crippen LogP contribution in [-0.2, 0) is 23.8 Å². The van der Waals surface area contributed by atoms with Crippen molar-refractivity contribution in [2.24, 2.45) is 0 Å². The molecule has 1 heterocycles. The molecule has 1 aliphatic rings. The molecule has 0 unspecified atom stereocenters. The normalized spacial score (nSPS) is 23.1. The Hall–Kier alpha value is -1.24. The molecule has 0 bridgehead atoms. The smallest absolute Gasteiger partial charge is 0.369 e. The maximum absolute atomic E-state index is 11.7. The first kappa shape index (κ1) is 14.8. The quantitative estimate of drug-likeness (QED) is 0.568. The van der Waals surface area contributed by atoms with Crippen molar-refractivity contribution in [3.8, 4) is 0 Å². The predicted octanol–water partition coefficient (Wildman–Crippen LogP) is 1.51. The first-order chi connectivity index (χ1) is 8.31. The van der Waals surface area contributed by atoms with E-state index in [2.05, 4.69) is 0 Å². The van der Waals surface area contributed by atoms with Gasteiger partial charge in [-0.25, -0.2) is 9.59 Å². The average molecular weight is 276 g/mol. The van der Waals surface area contributed by atoms with Crippen LogP contribution in [0.4, 0.5) is 4.79 Å². The Balaban J connectivity index is 2.72. The van der Waals surface area contributed by atoms with Gasteiger partial charge in [-0.1, -0.05) is 0 Å². The number of esters is 2. The van der Waals surface area contributed by atoms with Crippen molar-refractivity contribution in [1.82, 2.24) is 0 Å². The maximum atomic E-state index is 11.7. The summed E-state index contributed by atoms with van der Waals surface area (Å²) in [6.45, 7) is 6.70. The number of hydrogen-bond acceptors (Lipinski definition) is 7. The zero-order valence-electron chi connectivity index (χ0n) is 10.7. The van der Waals surface area contributed by atoms with Crippen LogP contribution in [0, 0.1) is 0 Å². The Morgan fingerprint density at radius 3 is 2.11 bits per heavy atom. The summed E-state index contributed by atoms with van der Waals surface area (Å²) in [6, 6.07) is 0. The molecule has 102 valence electrons. The molecule has 0 spiro atoms. The standard InChI is InChI=1S/C11H16O6S/c1-5(2)15-9(12)7-8(18-11(14)17-7)10(13)16-6(3)4/h5-8H,1-4H3/t7-,8-/m1/s1. The van der Waals surface area contributed by atoms with Crippen LogP contribution in [0.5, 0.6) is 0 Å². The van der Waals surface area contributed by atoms with E-state index in [1.165, 1.54) is 0 Å². The summed E-state index contributed by atoms with van der Waals surface area (Å²) in [4.78, 5) is 34.6. The van der Waals surface area contributed by atoms with Crippen molar-refractivity contribution in [2.45, 2.75) is 51.3 Å². The number of ether oxygens (including phenoxy) is 3. The lowest BCUT2D eigenvalue weighted by atomic mass is 10.2. The number of carbonyl (C=O) groups excluding carboxylic acids is 3. The van der Waals surface area contributed by atoms with Gasteiger partial charge >= 0.3 is 17.2 Å². The highest BCUT2D eigenvalue weighted by molar-refractivity contribution is 8.14. The van der Waals surface area contributed by atoms with Gasteiger partial charge in [0.2, 0.25) is 6.10 Å². The van der Waals surface area contributed by atoms with E-state index in [4.69, 9.17) is 14.2 Å². The molecule has 0 N–H and O–H groups in total. The molecule has 7 heteroatoms. The summed E-state index contributed by atoms with van der Waals surface area (Å²) >= 11 is 0.643. The summed E-state index contributed by atoms with van der Waals surface area (Å²) in [5, 5.41) is -1.67. The zero-order chi connectivity index (χ0) is 13.9. The summed E-state index contributed by atoms with van der Waals surface area (Å²) in [5.41, 5.74) is 0. The van der Waals surface area contributed by atoms with Gasteiger partial charge in [0.05, 0.1) is 12.2 Å². The second-order valence-electron chi connectivity index (χ2n) is 4.30. The van der Waals surface area contributed by atoms with E-state index >= 15 is 0 Å². The van der Waals surface area contributed by atoms with E-state index in [1.54, 1.807) is 27.7 Å². The summed E-state index contributed by atoms with van der Waals surface area (Å²) in [6.07, 6.45) is -1.89. The minimum atomic E-state index is -1.23. The largest absolute Gasteiger partial charge is 0.462 e. The highest BCUT2D eigenvalue weighted by Crippen LogP contribution is 2.30. The van der Waals surface area contributed by atoms with Crippen LogP contribution in [0.15, 0.2) is 0 Å². The van der Waals surface area contributed by atoms with Crippen molar-refractivity contribution in [3.63, 3.8) is 0 Å². The molecular weight excluding hydrogens is 260 g/mol. The highest BCUT2D eigenvalue weighted by atomic mass is 32.2. The van der Waals surface area contributed by atoms with Crippen LogP contribution in [0.1, 0.15) is 27.7 Å². The van der Waals surface area contributed by atoms with Gasteiger partial charge in [-0.15, -0.1) is 0 Å². The van der Waals surface area contributed by atoms with E-state index in [9.17, 15) is 14.4 Å². The van der Waals surface area contributed by atoms with Crippen molar-refractivity contribution >= 4 is 29.0 Å². The van der Waals surface area contributed by atoms with Gasteiger partial charge in [-0.2, -0.15) is 0 Å². The van der Waals surface area contributed by atoms with Gasteiger partial charge in [0, 0.05) is 0 Å². The molecular formula is C11H16O6S. The molecule has 2 atom stereocenters. The summed E-state index contributed by atoms with van der Waals surface area (Å²) < 4.78 is 14.7. The SMILES string of the molecule is CC(C)OC(=O)[C@@H]1OC(=O)S[C@H]1C(=O)OC(C)C. The van der Waals surface area contributed by atoms with Crippen LogP contribution < -0.4 is 0 Å². The second kappa shape index (κ2) is 6.08. The van der Waals surface area contributed by atoms with Crippen LogP contribution in [0.3, 0.4) is 0 Å². The lowest BCUT2D eigenvalue weighted by Crippen LogP contribution is -2.39. The van der Waals surface area contributed by atoms with E-state index in [0.717, 1.165) is 0 Å². The van der Waals surface area contributed by atoms with Gasteiger partial charge < -0.3 is 14.2 Å². The zero-order valence-corrected chi connectivity index (χ0v) is 11.5. The first-order valence-electron chi connectivity index (χ1n) is 5.59. The van der Waals surface area contributed by atoms with Crippen LogP contribution >= 0.6 is 11.8 Å². The van der Waals surface area contributed by atoms with Crippen molar-refractivity contribution in [3.05, 3.63) is 0 Å². The fraction of sp³-hybridized carbons (Fsp3) is 0.727. The Labute approximate surface area is 109 Å². The molecule has 0 aromatic carbocycles. The first-order valence-corrected chi connectivity index (χ1v) is 6.47. The molecule has 0 aromatic heterocycles. The Kier molecular flexibility index (Phi) is 5.01. The molecule has 6 nitrogen and oxygen atoms in total. The fourth-order valence-corrected chi connectivity index (χ4v) is 2.11. The number of thioether (sulfide) groups is 1. The Bertz CT molecular complexity index is 319. The minimum absolute atomic E-state index is 0.324. The summed E-state index contributed by atoms with van der Waals surface area (Å²) in [7, 11) is 0. The molecule has 0 aromatic rings. The molecule has 0 radical (unpaired) electrons. The third-order valence-corrected chi connectivity index (χ3v) is 2.87. The molecule has 1 saturated heterocycles. The topological polar surface area (TPSA) is 78.9 Å². The molecule has 1 aliphatic heterocycles. The molecule has 0 saturated carbocycles. The van der Waals surface area contributed by atoms with Gasteiger partial charge in [0.15, 0.2) is 5.25 Å². The van der Waals surface area contributed by atoms with E-state index in [0.29, 0.717) is 11.8 Å². The Morgan fingerprint density at radius 2 is 1.61 bits per heavy atom. The van der Waals surface area contributed by atoms with Gasteiger partial charge in [0.1, 0.15) is 0 Å². The third-order valence-electron chi connectivity index (χ3n) is 1.89. The van der Waals surface area contributed by atoms with E-state index in [1.807, 2.05) is 0 Å². The van der Waals surface area contributed by atoms with Crippen LogP contribution in [0.25, 0.3) is 0 Å². The highest BCUT2D eigenvalue weighted by Gasteiger charge is 2.47. The van der Waals surface area contributed by atoms with E-state index in [-0.39, 0.29) is 12.2 Å². The average Bonchev–Trinajstić information content (AvgIpc) is 2.58. The van der Waals surface area contributed by atoms with Gasteiger partial charge in [-0.3, -0.25) is 4.79 Å². The molecule has 0 amide bonds. The molecule has 1 fully saturated rings. The monoisotopic (exact) mass is 276 g/mol. The fourth-order valence-electron chi connectivity index (χ4n) is 1.30. The lowest BCUT2D eigenvalue weighted by molar-refractivity contribution is -0.162. The second-order valence-corrected chi connectivity index (χ2v) is 5.38. The number of carbonyl (C=O) groups is 3. The third kappa shape index (κ3) is 3.90. The van der Waals surface area contributed by atoms with E-state index < -0.39 is 28.6 Å². The summed E-state index contributed by atoms with van der Waals surface area (Å²) in [5.74, 6) is -1.37. The van der Waals surface area contributed by atoms with Gasteiger partial charge in [-0.05, 0) is 39.5 Å².